The maximum Gasteiger partial charge on any atom is 0.434 e. The summed E-state index contributed by atoms with van der Waals surface area (Å²) in [6.45, 7) is 1.92. The van der Waals surface area contributed by atoms with E-state index in [1.165, 1.54) is 11.1 Å². The van der Waals surface area contributed by atoms with E-state index in [0.717, 1.165) is 49.7 Å². The van der Waals surface area contributed by atoms with Gasteiger partial charge in [0.2, 0.25) is 15.9 Å². The van der Waals surface area contributed by atoms with E-state index < -0.39 is 21.8 Å². The molecule has 2 atom stereocenters. The summed E-state index contributed by atoms with van der Waals surface area (Å²) in [4.78, 5) is 11.7. The van der Waals surface area contributed by atoms with Gasteiger partial charge in [0.05, 0.1) is 5.02 Å². The van der Waals surface area contributed by atoms with Crippen molar-refractivity contribution in [3.8, 4) is 0 Å². The molecular weight excluding hydrogens is 462 g/mol. The van der Waals surface area contributed by atoms with Crippen molar-refractivity contribution < 1.29 is 12.8 Å². The predicted octanol–water partition coefficient (Wildman–Crippen LogP) is 4.60. The fourth-order valence-electron chi connectivity index (χ4n) is 4.79. The van der Waals surface area contributed by atoms with Crippen LogP contribution in [0.1, 0.15) is 78.6 Å². The van der Waals surface area contributed by atoms with Gasteiger partial charge in [-0.1, -0.05) is 42.8 Å². The number of aromatic amines is 1. The molecular formula is C24H26ClN3O4S. The minimum Gasteiger partial charge on any atom is -0.391 e. The number of rotatable bonds is 7. The van der Waals surface area contributed by atoms with Gasteiger partial charge in [-0.3, -0.25) is 0 Å². The number of nitrogens with one attached hydrogen (secondary N) is 2. The van der Waals surface area contributed by atoms with Gasteiger partial charge in [0.15, 0.2) is 0 Å². The summed E-state index contributed by atoms with van der Waals surface area (Å²) >= 11 is 6.40. The Morgan fingerprint density at radius 1 is 1.18 bits per heavy atom. The van der Waals surface area contributed by atoms with Gasteiger partial charge in [0, 0.05) is 5.92 Å². The molecule has 0 bridgehead atoms. The molecule has 5 rings (SSSR count). The van der Waals surface area contributed by atoms with Crippen LogP contribution in [0.15, 0.2) is 50.5 Å². The zero-order valence-electron chi connectivity index (χ0n) is 18.3. The lowest BCUT2D eigenvalue weighted by molar-refractivity contribution is 0.380. The number of hydrogen-bond acceptors (Lipinski definition) is 5. The van der Waals surface area contributed by atoms with Crippen molar-refractivity contribution in [3.63, 3.8) is 0 Å². The van der Waals surface area contributed by atoms with Crippen LogP contribution in [-0.4, -0.2) is 18.6 Å². The van der Waals surface area contributed by atoms with Crippen molar-refractivity contribution in [2.24, 2.45) is 0 Å². The molecule has 3 aromatic rings. The van der Waals surface area contributed by atoms with Crippen molar-refractivity contribution in [1.82, 2.24) is 14.9 Å². The fraction of sp³-hybridized carbons (Fsp3) is 0.417. The highest BCUT2D eigenvalue weighted by Crippen LogP contribution is 2.42. The van der Waals surface area contributed by atoms with Crippen LogP contribution in [0, 0.1) is 0 Å². The van der Waals surface area contributed by atoms with Gasteiger partial charge in [-0.25, -0.2) is 18.3 Å². The van der Waals surface area contributed by atoms with Crippen LogP contribution in [0.5, 0.6) is 0 Å². The van der Waals surface area contributed by atoms with Crippen molar-refractivity contribution >= 4 is 21.6 Å². The molecule has 7 nitrogen and oxygen atoms in total. The smallest absolute Gasteiger partial charge is 0.391 e. The second-order valence-corrected chi connectivity index (χ2v) is 11.1. The SMILES string of the molecule is C[C@H](c1cccc2c1CCCC2)[C@H](NS(=O)(=O)c1ccc(C2CC2)cc1Cl)c1n[nH]c(=O)o1. The van der Waals surface area contributed by atoms with Crippen LogP contribution < -0.4 is 10.5 Å². The van der Waals surface area contributed by atoms with Crippen LogP contribution >= 0.6 is 11.6 Å². The molecule has 0 aliphatic heterocycles. The van der Waals surface area contributed by atoms with Crippen molar-refractivity contribution in [1.29, 1.82) is 0 Å². The zero-order chi connectivity index (χ0) is 23.2. The number of aryl methyl sites for hydroxylation is 1. The van der Waals surface area contributed by atoms with Crippen molar-refractivity contribution in [2.45, 2.75) is 68.2 Å². The van der Waals surface area contributed by atoms with Crippen LogP contribution in [0.25, 0.3) is 0 Å². The molecule has 1 aromatic heterocycles. The van der Waals surface area contributed by atoms with E-state index in [-0.39, 0.29) is 21.7 Å². The molecule has 1 heterocycles. The average molecular weight is 488 g/mol. The summed E-state index contributed by atoms with van der Waals surface area (Å²) in [6, 6.07) is 10.3. The molecule has 0 spiro atoms. The quantitative estimate of drug-likeness (QED) is 0.507. The van der Waals surface area contributed by atoms with E-state index in [2.05, 4.69) is 21.0 Å². The number of hydrogen-bond donors (Lipinski definition) is 2. The third-order valence-corrected chi connectivity index (χ3v) is 8.64. The topological polar surface area (TPSA) is 105 Å². The number of fused-ring (bicyclic) bond motifs is 1. The minimum absolute atomic E-state index is 0.00117. The van der Waals surface area contributed by atoms with Gasteiger partial charge in [0.1, 0.15) is 10.9 Å². The van der Waals surface area contributed by atoms with Crippen LogP contribution in [0.3, 0.4) is 0 Å². The third-order valence-electron chi connectivity index (χ3n) is 6.72. The van der Waals surface area contributed by atoms with Gasteiger partial charge in [-0.15, -0.1) is 5.10 Å². The Hall–Kier alpha value is -2.42. The van der Waals surface area contributed by atoms with E-state index in [1.807, 2.05) is 25.1 Å². The van der Waals surface area contributed by atoms with Gasteiger partial charge in [-0.05, 0) is 78.8 Å². The maximum absolute atomic E-state index is 13.4. The van der Waals surface area contributed by atoms with Crippen LogP contribution in [0.4, 0.5) is 0 Å². The normalized spacial score (nSPS) is 18.0. The average Bonchev–Trinajstić information content (AvgIpc) is 3.57. The Kier molecular flexibility index (Phi) is 5.93. The Balaban J connectivity index is 1.52. The molecule has 1 saturated carbocycles. The first-order valence-electron chi connectivity index (χ1n) is 11.3. The summed E-state index contributed by atoms with van der Waals surface area (Å²) in [6.07, 6.45) is 6.37. The van der Waals surface area contributed by atoms with Crippen molar-refractivity contribution in [2.75, 3.05) is 0 Å². The van der Waals surface area contributed by atoms with E-state index >= 15 is 0 Å². The molecule has 2 aliphatic carbocycles. The van der Waals surface area contributed by atoms with E-state index in [1.54, 1.807) is 12.1 Å². The third kappa shape index (κ3) is 4.52. The Morgan fingerprint density at radius 3 is 2.67 bits per heavy atom. The van der Waals surface area contributed by atoms with Crippen molar-refractivity contribution in [3.05, 3.63) is 80.1 Å². The fourth-order valence-corrected chi connectivity index (χ4v) is 6.62. The summed E-state index contributed by atoms with van der Waals surface area (Å²) < 4.78 is 34.8. The van der Waals surface area contributed by atoms with Crippen LogP contribution in [0.2, 0.25) is 5.02 Å². The molecule has 2 aromatic carbocycles. The molecule has 9 heteroatoms. The second-order valence-electron chi connectivity index (χ2n) is 9.00. The van der Waals surface area contributed by atoms with E-state index in [4.69, 9.17) is 16.0 Å². The second kappa shape index (κ2) is 8.74. The molecule has 1 fully saturated rings. The van der Waals surface area contributed by atoms with Gasteiger partial charge in [0.25, 0.3) is 0 Å². The lowest BCUT2D eigenvalue weighted by atomic mass is 9.82. The zero-order valence-corrected chi connectivity index (χ0v) is 19.9. The predicted molar refractivity (Wildman–Crippen MR) is 125 cm³/mol. The first-order chi connectivity index (χ1) is 15.8. The maximum atomic E-state index is 13.4. The van der Waals surface area contributed by atoms with Crippen LogP contribution in [-0.2, 0) is 22.9 Å². The number of benzene rings is 2. The molecule has 0 amide bonds. The van der Waals surface area contributed by atoms with Gasteiger partial charge < -0.3 is 4.42 Å². The number of halogens is 1. The Bertz CT molecular complexity index is 1340. The number of sulfonamides is 1. The van der Waals surface area contributed by atoms with Gasteiger partial charge in [-0.2, -0.15) is 4.72 Å². The highest BCUT2D eigenvalue weighted by atomic mass is 35.5. The highest BCUT2D eigenvalue weighted by Gasteiger charge is 2.34. The summed E-state index contributed by atoms with van der Waals surface area (Å²) in [7, 11) is -4.02. The molecule has 0 radical (unpaired) electrons. The molecule has 2 N–H and O–H groups in total. The lowest BCUT2D eigenvalue weighted by Gasteiger charge is -2.27. The summed E-state index contributed by atoms with van der Waals surface area (Å²) in [5.41, 5.74) is 4.61. The number of H-pyrrole nitrogens is 1. The number of nitrogens with zero attached hydrogens (tertiary/aromatic N) is 1. The van der Waals surface area contributed by atoms with E-state index in [9.17, 15) is 13.2 Å². The largest absolute Gasteiger partial charge is 0.434 e. The molecule has 33 heavy (non-hydrogen) atoms. The Labute approximate surface area is 197 Å². The summed E-state index contributed by atoms with van der Waals surface area (Å²) in [5, 5.41) is 6.38. The minimum atomic E-state index is -4.02. The standard InChI is InChI=1S/C24H26ClN3O4S/c1-14(18-8-4-6-16-5-2-3-7-19(16)18)22(23-26-27-24(29)32-23)28-33(30,31)21-12-11-17(13-20(21)25)15-9-10-15/h4,6,8,11-15,22,28H,2-3,5,7,9-10H2,1H3,(H,27,29)/t14-,22+/m1/s1. The molecule has 0 unspecified atom stereocenters. The lowest BCUT2D eigenvalue weighted by Crippen LogP contribution is -2.33. The summed E-state index contributed by atoms with van der Waals surface area (Å²) in [5.74, 6) is -0.607. The first-order valence-corrected chi connectivity index (χ1v) is 13.2. The van der Waals surface area contributed by atoms with E-state index in [0.29, 0.717) is 5.92 Å². The molecule has 2 aliphatic rings. The first kappa shape index (κ1) is 22.4. The van der Waals surface area contributed by atoms with Gasteiger partial charge >= 0.3 is 5.76 Å². The molecule has 174 valence electrons. The number of aromatic nitrogens is 2. The monoisotopic (exact) mass is 487 g/mol. The molecule has 0 saturated heterocycles. The highest BCUT2D eigenvalue weighted by molar-refractivity contribution is 7.89. The Morgan fingerprint density at radius 2 is 1.97 bits per heavy atom.